The normalized spacial score (nSPS) is 11.2. The number of phenols is 2. The summed E-state index contributed by atoms with van der Waals surface area (Å²) in [6, 6.07) is 14.5. The van der Waals surface area contributed by atoms with Crippen LogP contribution in [-0.2, 0) is 6.61 Å². The van der Waals surface area contributed by atoms with Crippen LogP contribution in [-0.4, -0.2) is 14.8 Å². The van der Waals surface area contributed by atoms with Crippen molar-refractivity contribution in [1.29, 1.82) is 0 Å². The molecule has 0 aliphatic carbocycles. The molecule has 0 amide bonds. The summed E-state index contributed by atoms with van der Waals surface area (Å²) >= 11 is 0. The highest BCUT2D eigenvalue weighted by Gasteiger charge is 2.14. The molecule has 22 heavy (non-hydrogen) atoms. The van der Waals surface area contributed by atoms with Crippen molar-refractivity contribution in [2.45, 2.75) is 26.5 Å². The second kappa shape index (κ2) is 5.64. The number of benzene rings is 2. The average molecular weight is 297 g/mol. The smallest absolute Gasteiger partial charge is 0.128 e. The molecule has 0 aliphatic rings. The van der Waals surface area contributed by atoms with E-state index in [-0.39, 0.29) is 17.5 Å². The number of aromatic nitrogens is 1. The molecular weight excluding hydrogens is 278 g/mol. The zero-order valence-corrected chi connectivity index (χ0v) is 12.7. The van der Waals surface area contributed by atoms with E-state index >= 15 is 0 Å². The van der Waals surface area contributed by atoms with Gasteiger partial charge in [-0.25, -0.2) is 0 Å². The van der Waals surface area contributed by atoms with Crippen LogP contribution in [0.5, 0.6) is 17.2 Å². The summed E-state index contributed by atoms with van der Waals surface area (Å²) in [6.07, 6.45) is 0. The molecule has 0 saturated heterocycles. The maximum Gasteiger partial charge on any atom is 0.128 e. The number of hydrogen-bond donors (Lipinski definition) is 2. The second-order valence-corrected chi connectivity index (χ2v) is 5.60. The van der Waals surface area contributed by atoms with Crippen LogP contribution in [0, 0.1) is 0 Å². The highest BCUT2D eigenvalue weighted by molar-refractivity contribution is 5.87. The van der Waals surface area contributed by atoms with E-state index in [1.165, 1.54) is 0 Å². The van der Waals surface area contributed by atoms with Crippen LogP contribution >= 0.6 is 0 Å². The fraction of sp³-hybridized carbons (Fsp3) is 0.222. The summed E-state index contributed by atoms with van der Waals surface area (Å²) in [4.78, 5) is 0. The maximum atomic E-state index is 10.0. The van der Waals surface area contributed by atoms with Crippen LogP contribution in [0.3, 0.4) is 0 Å². The van der Waals surface area contributed by atoms with Gasteiger partial charge in [-0.2, -0.15) is 0 Å². The first-order valence-electron chi connectivity index (χ1n) is 7.30. The van der Waals surface area contributed by atoms with E-state index in [1.54, 1.807) is 30.3 Å². The van der Waals surface area contributed by atoms with E-state index in [1.807, 2.05) is 18.2 Å². The van der Waals surface area contributed by atoms with Gasteiger partial charge >= 0.3 is 0 Å². The first-order chi connectivity index (χ1) is 10.6. The van der Waals surface area contributed by atoms with Crippen molar-refractivity contribution in [3.8, 4) is 17.2 Å². The molecule has 1 heterocycles. The minimum Gasteiger partial charge on any atom is -0.508 e. The molecule has 114 valence electrons. The van der Waals surface area contributed by atoms with Crippen LogP contribution in [0.1, 0.15) is 25.6 Å². The van der Waals surface area contributed by atoms with Crippen molar-refractivity contribution in [2.24, 2.45) is 0 Å². The van der Waals surface area contributed by atoms with Gasteiger partial charge in [0.25, 0.3) is 0 Å². The molecule has 3 aromatic rings. The van der Waals surface area contributed by atoms with E-state index in [0.717, 1.165) is 16.6 Å². The largest absolute Gasteiger partial charge is 0.508 e. The van der Waals surface area contributed by atoms with Crippen molar-refractivity contribution in [1.82, 2.24) is 4.57 Å². The van der Waals surface area contributed by atoms with Gasteiger partial charge in [0.2, 0.25) is 0 Å². The molecule has 4 nitrogen and oxygen atoms in total. The average Bonchev–Trinajstić information content (AvgIpc) is 2.85. The van der Waals surface area contributed by atoms with Crippen LogP contribution < -0.4 is 4.74 Å². The van der Waals surface area contributed by atoms with Gasteiger partial charge in [0.15, 0.2) is 0 Å². The zero-order valence-electron chi connectivity index (χ0n) is 12.7. The molecule has 4 heteroatoms. The lowest BCUT2D eigenvalue weighted by Crippen LogP contribution is -2.08. The Balaban J connectivity index is 1.96. The van der Waals surface area contributed by atoms with E-state index < -0.39 is 0 Å². The summed E-state index contributed by atoms with van der Waals surface area (Å²) in [7, 11) is 0. The quantitative estimate of drug-likeness (QED) is 0.758. The second-order valence-electron chi connectivity index (χ2n) is 5.60. The van der Waals surface area contributed by atoms with Gasteiger partial charge in [0.1, 0.15) is 23.9 Å². The Morgan fingerprint density at radius 1 is 1.05 bits per heavy atom. The molecule has 0 bridgehead atoms. The molecule has 2 aromatic carbocycles. The molecule has 0 atom stereocenters. The first-order valence-corrected chi connectivity index (χ1v) is 7.30. The summed E-state index contributed by atoms with van der Waals surface area (Å²) in [6.45, 7) is 4.57. The highest BCUT2D eigenvalue weighted by atomic mass is 16.5. The predicted octanol–water partition coefficient (Wildman–Crippen LogP) is 4.21. The number of nitrogens with zero attached hydrogens (tertiary/aromatic N) is 1. The van der Waals surface area contributed by atoms with Gasteiger partial charge in [-0.05, 0) is 44.2 Å². The number of hydrogen-bond acceptors (Lipinski definition) is 3. The molecular formula is C18H19NO3. The van der Waals surface area contributed by atoms with Crippen molar-refractivity contribution in [2.75, 3.05) is 0 Å². The predicted molar refractivity (Wildman–Crippen MR) is 86.4 cm³/mol. The fourth-order valence-corrected chi connectivity index (χ4v) is 2.74. The standard InChI is InChI=1S/C18H19NO3/c1-12(2)19-13(9-16-17(19)7-4-8-18(16)21)11-22-15-6-3-5-14(20)10-15/h3-10,12,20-21H,11H2,1-2H3. The van der Waals surface area contributed by atoms with Crippen LogP contribution in [0.4, 0.5) is 0 Å². The summed E-state index contributed by atoms with van der Waals surface area (Å²) in [5.41, 5.74) is 1.97. The van der Waals surface area contributed by atoms with E-state index in [2.05, 4.69) is 18.4 Å². The van der Waals surface area contributed by atoms with Crippen LogP contribution in [0.25, 0.3) is 10.9 Å². The van der Waals surface area contributed by atoms with Crippen molar-refractivity contribution in [3.63, 3.8) is 0 Å². The molecule has 0 radical (unpaired) electrons. The fourth-order valence-electron chi connectivity index (χ4n) is 2.74. The number of phenolic OH excluding ortho intramolecular Hbond substituents is 2. The van der Waals surface area contributed by atoms with Gasteiger partial charge < -0.3 is 19.5 Å². The Kier molecular flexibility index (Phi) is 3.67. The number of rotatable bonds is 4. The van der Waals surface area contributed by atoms with E-state index in [4.69, 9.17) is 4.74 Å². The Labute approximate surface area is 129 Å². The van der Waals surface area contributed by atoms with Gasteiger partial charge in [0.05, 0.1) is 11.2 Å². The molecule has 1 aromatic heterocycles. The number of fused-ring (bicyclic) bond motifs is 1. The third kappa shape index (κ3) is 2.60. The third-order valence-corrected chi connectivity index (χ3v) is 3.66. The molecule has 0 aliphatic heterocycles. The van der Waals surface area contributed by atoms with Gasteiger partial charge in [-0.15, -0.1) is 0 Å². The molecule has 3 rings (SSSR count). The number of ether oxygens (including phenoxy) is 1. The molecule has 2 N–H and O–H groups in total. The van der Waals surface area contributed by atoms with Gasteiger partial charge in [0, 0.05) is 17.5 Å². The Bertz CT molecular complexity index is 805. The SMILES string of the molecule is CC(C)n1c(COc2cccc(O)c2)cc2c(O)cccc21. The van der Waals surface area contributed by atoms with E-state index in [9.17, 15) is 10.2 Å². The van der Waals surface area contributed by atoms with Crippen molar-refractivity contribution >= 4 is 10.9 Å². The highest BCUT2D eigenvalue weighted by Crippen LogP contribution is 2.31. The molecule has 0 spiro atoms. The summed E-state index contributed by atoms with van der Waals surface area (Å²) < 4.78 is 7.92. The van der Waals surface area contributed by atoms with Gasteiger partial charge in [-0.3, -0.25) is 0 Å². The molecule has 0 saturated carbocycles. The maximum absolute atomic E-state index is 10.0. The Morgan fingerprint density at radius 2 is 1.82 bits per heavy atom. The van der Waals surface area contributed by atoms with Crippen molar-refractivity contribution < 1.29 is 14.9 Å². The number of aromatic hydroxyl groups is 2. The summed E-state index contributed by atoms with van der Waals surface area (Å²) in [5.74, 6) is 1.07. The lowest BCUT2D eigenvalue weighted by atomic mass is 10.2. The molecule has 0 fully saturated rings. The minimum atomic E-state index is 0.180. The Hall–Kier alpha value is -2.62. The molecule has 0 unspecified atom stereocenters. The van der Waals surface area contributed by atoms with Crippen molar-refractivity contribution in [3.05, 3.63) is 54.2 Å². The Morgan fingerprint density at radius 3 is 2.55 bits per heavy atom. The lowest BCUT2D eigenvalue weighted by Gasteiger charge is -2.15. The first kappa shape index (κ1) is 14.3. The van der Waals surface area contributed by atoms with E-state index in [0.29, 0.717) is 12.4 Å². The lowest BCUT2D eigenvalue weighted by molar-refractivity contribution is 0.291. The topological polar surface area (TPSA) is 54.6 Å². The minimum absolute atomic E-state index is 0.180. The third-order valence-electron chi connectivity index (χ3n) is 3.66. The van der Waals surface area contributed by atoms with Crippen LogP contribution in [0.2, 0.25) is 0 Å². The van der Waals surface area contributed by atoms with Crippen LogP contribution in [0.15, 0.2) is 48.5 Å². The van der Waals surface area contributed by atoms with Gasteiger partial charge in [-0.1, -0.05) is 12.1 Å². The summed E-state index contributed by atoms with van der Waals surface area (Å²) in [5, 5.41) is 20.3. The monoisotopic (exact) mass is 297 g/mol. The zero-order chi connectivity index (χ0) is 15.7.